The second-order valence-electron chi connectivity index (χ2n) is 6.72. The van der Waals surface area contributed by atoms with Crippen LogP contribution in [0.15, 0.2) is 30.3 Å². The molecule has 0 aliphatic heterocycles. The molecule has 0 amide bonds. The summed E-state index contributed by atoms with van der Waals surface area (Å²) in [6.45, 7) is 10.3. The van der Waals surface area contributed by atoms with Crippen molar-refractivity contribution < 1.29 is 0 Å². The molecule has 0 saturated carbocycles. The van der Waals surface area contributed by atoms with E-state index in [0.717, 1.165) is 6.54 Å². The van der Waals surface area contributed by atoms with Crippen molar-refractivity contribution in [3.05, 3.63) is 35.9 Å². The standard InChI is InChI=1S/C18H31N/c1-5-15-19-17(16-11-7-6-8-12-16)13-9-10-14-18(2,3)4/h6-8,11-12,17,19H,5,9-10,13-15H2,1-4H3. The van der Waals surface area contributed by atoms with Crippen LogP contribution in [0.5, 0.6) is 0 Å². The lowest BCUT2D eigenvalue weighted by molar-refractivity contribution is 0.350. The minimum Gasteiger partial charge on any atom is -0.310 e. The van der Waals surface area contributed by atoms with E-state index in [2.05, 4.69) is 63.3 Å². The van der Waals surface area contributed by atoms with Crippen LogP contribution in [0.4, 0.5) is 0 Å². The Bertz CT molecular complexity index is 323. The molecule has 1 N–H and O–H groups in total. The zero-order chi connectivity index (χ0) is 14.1. The average molecular weight is 261 g/mol. The fourth-order valence-electron chi connectivity index (χ4n) is 2.39. The van der Waals surface area contributed by atoms with E-state index in [1.807, 2.05) is 0 Å². The van der Waals surface area contributed by atoms with Crippen molar-refractivity contribution in [2.45, 2.75) is 65.8 Å². The van der Waals surface area contributed by atoms with Gasteiger partial charge in [0.1, 0.15) is 0 Å². The summed E-state index contributed by atoms with van der Waals surface area (Å²) in [6.07, 6.45) is 6.42. The Morgan fingerprint density at radius 3 is 2.32 bits per heavy atom. The van der Waals surface area contributed by atoms with Crippen LogP contribution < -0.4 is 5.32 Å². The zero-order valence-electron chi connectivity index (χ0n) is 13.2. The second kappa shape index (κ2) is 8.37. The van der Waals surface area contributed by atoms with E-state index in [9.17, 15) is 0 Å². The molecule has 0 radical (unpaired) electrons. The first-order valence-corrected chi connectivity index (χ1v) is 7.81. The van der Waals surface area contributed by atoms with E-state index in [1.165, 1.54) is 37.7 Å². The summed E-state index contributed by atoms with van der Waals surface area (Å²) in [5.74, 6) is 0. The molecule has 1 aromatic carbocycles. The lowest BCUT2D eigenvalue weighted by atomic mass is 9.88. The molecule has 1 nitrogen and oxygen atoms in total. The maximum atomic E-state index is 3.68. The molecule has 0 bridgehead atoms. The molecule has 1 rings (SSSR count). The first-order valence-electron chi connectivity index (χ1n) is 7.81. The van der Waals surface area contributed by atoms with Crippen LogP contribution in [0.1, 0.15) is 71.4 Å². The van der Waals surface area contributed by atoms with E-state index in [4.69, 9.17) is 0 Å². The average Bonchev–Trinajstić information content (AvgIpc) is 2.38. The van der Waals surface area contributed by atoms with Crippen molar-refractivity contribution in [3.8, 4) is 0 Å². The number of benzene rings is 1. The van der Waals surface area contributed by atoms with Crippen LogP contribution in [0, 0.1) is 5.41 Å². The summed E-state index contributed by atoms with van der Waals surface area (Å²) < 4.78 is 0. The monoisotopic (exact) mass is 261 g/mol. The molecule has 1 unspecified atom stereocenters. The summed E-state index contributed by atoms with van der Waals surface area (Å²) in [7, 11) is 0. The molecule has 108 valence electrons. The Hall–Kier alpha value is -0.820. The van der Waals surface area contributed by atoms with Crippen molar-refractivity contribution in [3.63, 3.8) is 0 Å². The van der Waals surface area contributed by atoms with Crippen molar-refractivity contribution >= 4 is 0 Å². The third-order valence-electron chi connectivity index (χ3n) is 3.51. The van der Waals surface area contributed by atoms with Crippen LogP contribution >= 0.6 is 0 Å². The van der Waals surface area contributed by atoms with Gasteiger partial charge in [0.05, 0.1) is 0 Å². The van der Waals surface area contributed by atoms with Gasteiger partial charge in [0.25, 0.3) is 0 Å². The van der Waals surface area contributed by atoms with Gasteiger partial charge in [-0.15, -0.1) is 0 Å². The van der Waals surface area contributed by atoms with E-state index in [0.29, 0.717) is 11.5 Å². The molecule has 0 spiro atoms. The van der Waals surface area contributed by atoms with Gasteiger partial charge in [-0.05, 0) is 36.8 Å². The van der Waals surface area contributed by atoms with Crippen molar-refractivity contribution in [2.75, 3.05) is 6.54 Å². The maximum Gasteiger partial charge on any atom is 0.0320 e. The Kier molecular flexibility index (Phi) is 7.15. The highest BCUT2D eigenvalue weighted by molar-refractivity contribution is 5.18. The Morgan fingerprint density at radius 1 is 1.05 bits per heavy atom. The van der Waals surface area contributed by atoms with E-state index >= 15 is 0 Å². The first kappa shape index (κ1) is 16.2. The Labute approximate surface area is 119 Å². The highest BCUT2D eigenvalue weighted by Crippen LogP contribution is 2.25. The summed E-state index contributed by atoms with van der Waals surface area (Å²) in [6, 6.07) is 11.4. The van der Waals surface area contributed by atoms with Crippen LogP contribution in [-0.4, -0.2) is 6.54 Å². The summed E-state index contributed by atoms with van der Waals surface area (Å²) in [5, 5.41) is 3.68. The lowest BCUT2D eigenvalue weighted by Gasteiger charge is -2.21. The summed E-state index contributed by atoms with van der Waals surface area (Å²) in [4.78, 5) is 0. The SMILES string of the molecule is CCCNC(CCCCC(C)(C)C)c1ccccc1. The predicted molar refractivity (Wildman–Crippen MR) is 85.4 cm³/mol. The lowest BCUT2D eigenvalue weighted by Crippen LogP contribution is -2.22. The molecule has 0 aliphatic carbocycles. The first-order chi connectivity index (χ1) is 9.03. The molecule has 0 aromatic heterocycles. The third-order valence-corrected chi connectivity index (χ3v) is 3.51. The molecule has 1 atom stereocenters. The van der Waals surface area contributed by atoms with E-state index in [-0.39, 0.29) is 0 Å². The maximum absolute atomic E-state index is 3.68. The summed E-state index contributed by atoms with van der Waals surface area (Å²) >= 11 is 0. The smallest absolute Gasteiger partial charge is 0.0320 e. The van der Waals surface area contributed by atoms with Crippen LogP contribution in [0.3, 0.4) is 0 Å². The van der Waals surface area contributed by atoms with Crippen LogP contribution in [0.25, 0.3) is 0 Å². The van der Waals surface area contributed by atoms with Gasteiger partial charge in [-0.2, -0.15) is 0 Å². The van der Waals surface area contributed by atoms with E-state index < -0.39 is 0 Å². The number of nitrogens with one attached hydrogen (secondary N) is 1. The normalized spacial score (nSPS) is 13.5. The third kappa shape index (κ3) is 7.37. The van der Waals surface area contributed by atoms with Crippen molar-refractivity contribution in [2.24, 2.45) is 5.41 Å². The molecule has 0 heterocycles. The van der Waals surface area contributed by atoms with Gasteiger partial charge in [0.15, 0.2) is 0 Å². The molecule has 0 aliphatic rings. The zero-order valence-corrected chi connectivity index (χ0v) is 13.2. The fourth-order valence-corrected chi connectivity index (χ4v) is 2.39. The summed E-state index contributed by atoms with van der Waals surface area (Å²) in [5.41, 5.74) is 1.91. The van der Waals surface area contributed by atoms with Crippen LogP contribution in [0.2, 0.25) is 0 Å². The number of hydrogen-bond donors (Lipinski definition) is 1. The van der Waals surface area contributed by atoms with Crippen molar-refractivity contribution in [1.29, 1.82) is 0 Å². The Balaban J connectivity index is 2.42. The largest absolute Gasteiger partial charge is 0.310 e. The van der Waals surface area contributed by atoms with Gasteiger partial charge in [-0.1, -0.05) is 70.9 Å². The van der Waals surface area contributed by atoms with Crippen LogP contribution in [-0.2, 0) is 0 Å². The quantitative estimate of drug-likeness (QED) is 0.623. The molecule has 1 heteroatoms. The molecular weight excluding hydrogens is 230 g/mol. The predicted octanol–water partition coefficient (Wildman–Crippen LogP) is 5.33. The molecule has 0 fully saturated rings. The highest BCUT2D eigenvalue weighted by Gasteiger charge is 2.12. The van der Waals surface area contributed by atoms with Gasteiger partial charge in [0, 0.05) is 6.04 Å². The molecule has 19 heavy (non-hydrogen) atoms. The number of hydrogen-bond acceptors (Lipinski definition) is 1. The van der Waals surface area contributed by atoms with E-state index in [1.54, 1.807) is 0 Å². The fraction of sp³-hybridized carbons (Fsp3) is 0.667. The Morgan fingerprint density at radius 2 is 1.74 bits per heavy atom. The molecule has 0 saturated heterocycles. The second-order valence-corrected chi connectivity index (χ2v) is 6.72. The number of rotatable bonds is 8. The van der Waals surface area contributed by atoms with Crippen molar-refractivity contribution in [1.82, 2.24) is 5.32 Å². The molecular formula is C18H31N. The van der Waals surface area contributed by atoms with Gasteiger partial charge < -0.3 is 5.32 Å². The minimum absolute atomic E-state index is 0.471. The molecule has 1 aromatic rings. The van der Waals surface area contributed by atoms with Gasteiger partial charge in [0.2, 0.25) is 0 Å². The minimum atomic E-state index is 0.471. The number of unbranched alkanes of at least 4 members (excludes halogenated alkanes) is 1. The van der Waals surface area contributed by atoms with Gasteiger partial charge in [-0.25, -0.2) is 0 Å². The highest BCUT2D eigenvalue weighted by atomic mass is 14.9. The van der Waals surface area contributed by atoms with Gasteiger partial charge >= 0.3 is 0 Å². The topological polar surface area (TPSA) is 12.0 Å². The van der Waals surface area contributed by atoms with Gasteiger partial charge in [-0.3, -0.25) is 0 Å².